The second-order valence-corrected chi connectivity index (χ2v) is 6.99. The molecule has 128 valence electrons. The Morgan fingerprint density at radius 2 is 2.12 bits per heavy atom. The normalized spacial score (nSPS) is 27.0. The van der Waals surface area contributed by atoms with Gasteiger partial charge in [0.2, 0.25) is 0 Å². The SMILES string of the molecule is CCn1ccnc1[C@H]1OCCC[C@@H]1NC1CCc2ccccc2C1. The fraction of sp³-hybridized carbons (Fsp3) is 0.550. The average Bonchev–Trinajstić information content (AvgIpc) is 3.11. The maximum absolute atomic E-state index is 6.14. The van der Waals surface area contributed by atoms with E-state index >= 15 is 0 Å². The number of rotatable bonds is 4. The van der Waals surface area contributed by atoms with Crippen LogP contribution in [0.3, 0.4) is 0 Å². The van der Waals surface area contributed by atoms with Crippen molar-refractivity contribution in [2.45, 2.75) is 63.8 Å². The van der Waals surface area contributed by atoms with Crippen molar-refractivity contribution in [3.05, 3.63) is 53.6 Å². The van der Waals surface area contributed by atoms with Crippen molar-refractivity contribution >= 4 is 0 Å². The highest BCUT2D eigenvalue weighted by Crippen LogP contribution is 2.29. The van der Waals surface area contributed by atoms with Crippen molar-refractivity contribution < 1.29 is 4.74 Å². The van der Waals surface area contributed by atoms with Gasteiger partial charge in [-0.1, -0.05) is 24.3 Å². The van der Waals surface area contributed by atoms with E-state index in [4.69, 9.17) is 4.74 Å². The third kappa shape index (κ3) is 3.13. The molecule has 4 heteroatoms. The minimum absolute atomic E-state index is 0.0749. The van der Waals surface area contributed by atoms with E-state index < -0.39 is 0 Å². The van der Waals surface area contributed by atoms with E-state index in [0.717, 1.165) is 31.8 Å². The van der Waals surface area contributed by atoms with Crippen LogP contribution < -0.4 is 5.32 Å². The first kappa shape index (κ1) is 15.9. The molecule has 2 aliphatic rings. The highest BCUT2D eigenvalue weighted by molar-refractivity contribution is 5.30. The summed E-state index contributed by atoms with van der Waals surface area (Å²) in [6.07, 6.45) is 9.83. The molecule has 1 unspecified atom stereocenters. The Bertz CT molecular complexity index is 681. The quantitative estimate of drug-likeness (QED) is 0.938. The molecule has 1 aliphatic carbocycles. The maximum Gasteiger partial charge on any atom is 0.139 e. The largest absolute Gasteiger partial charge is 0.369 e. The lowest BCUT2D eigenvalue weighted by molar-refractivity contribution is -0.0212. The molecule has 4 nitrogen and oxygen atoms in total. The topological polar surface area (TPSA) is 39.1 Å². The van der Waals surface area contributed by atoms with Crippen molar-refractivity contribution in [1.29, 1.82) is 0 Å². The Balaban J connectivity index is 1.48. The van der Waals surface area contributed by atoms with Crippen molar-refractivity contribution in [3.8, 4) is 0 Å². The van der Waals surface area contributed by atoms with E-state index in [1.807, 2.05) is 6.20 Å². The van der Waals surface area contributed by atoms with Crippen LogP contribution in [-0.4, -0.2) is 28.2 Å². The molecule has 4 rings (SSSR count). The molecule has 1 saturated heterocycles. The van der Waals surface area contributed by atoms with Gasteiger partial charge in [-0.2, -0.15) is 0 Å². The Morgan fingerprint density at radius 1 is 1.25 bits per heavy atom. The molecule has 1 aromatic carbocycles. The summed E-state index contributed by atoms with van der Waals surface area (Å²) in [7, 11) is 0. The smallest absolute Gasteiger partial charge is 0.139 e. The van der Waals surface area contributed by atoms with E-state index in [9.17, 15) is 0 Å². The summed E-state index contributed by atoms with van der Waals surface area (Å²) < 4.78 is 8.35. The number of imidazole rings is 1. The zero-order valence-corrected chi connectivity index (χ0v) is 14.4. The Kier molecular flexibility index (Phi) is 4.67. The molecule has 2 heterocycles. The highest BCUT2D eigenvalue weighted by Gasteiger charge is 2.32. The van der Waals surface area contributed by atoms with Crippen molar-refractivity contribution in [2.75, 3.05) is 6.61 Å². The number of benzene rings is 1. The lowest BCUT2D eigenvalue weighted by Crippen LogP contribution is -2.47. The lowest BCUT2D eigenvalue weighted by atomic mass is 9.87. The Labute approximate surface area is 144 Å². The summed E-state index contributed by atoms with van der Waals surface area (Å²) in [4.78, 5) is 4.59. The van der Waals surface area contributed by atoms with Gasteiger partial charge >= 0.3 is 0 Å². The second-order valence-electron chi connectivity index (χ2n) is 6.99. The fourth-order valence-corrected chi connectivity index (χ4v) is 4.19. The first-order chi connectivity index (χ1) is 11.8. The number of nitrogens with one attached hydrogen (secondary N) is 1. The first-order valence-electron chi connectivity index (χ1n) is 9.30. The van der Waals surface area contributed by atoms with Gasteiger partial charge in [0.05, 0.1) is 0 Å². The van der Waals surface area contributed by atoms with Gasteiger partial charge in [-0.25, -0.2) is 4.98 Å². The third-order valence-corrected chi connectivity index (χ3v) is 5.46. The van der Waals surface area contributed by atoms with Crippen LogP contribution in [0.5, 0.6) is 0 Å². The van der Waals surface area contributed by atoms with Crippen LogP contribution in [0.1, 0.15) is 49.2 Å². The predicted molar refractivity (Wildman–Crippen MR) is 95.0 cm³/mol. The fourth-order valence-electron chi connectivity index (χ4n) is 4.19. The molecule has 2 aromatic rings. The molecular formula is C20H27N3O. The molecule has 1 fully saturated rings. The summed E-state index contributed by atoms with van der Waals surface area (Å²) in [6.45, 7) is 3.94. The molecule has 1 aliphatic heterocycles. The molecule has 24 heavy (non-hydrogen) atoms. The number of nitrogens with zero attached hydrogens (tertiary/aromatic N) is 2. The van der Waals surface area contributed by atoms with Crippen LogP contribution in [0.25, 0.3) is 0 Å². The second kappa shape index (κ2) is 7.08. The third-order valence-electron chi connectivity index (χ3n) is 5.46. The van der Waals surface area contributed by atoms with Crippen LogP contribution in [0.2, 0.25) is 0 Å². The van der Waals surface area contributed by atoms with Gasteiger partial charge in [0.15, 0.2) is 0 Å². The van der Waals surface area contributed by atoms with E-state index in [1.165, 1.54) is 30.4 Å². The highest BCUT2D eigenvalue weighted by atomic mass is 16.5. The maximum atomic E-state index is 6.14. The van der Waals surface area contributed by atoms with Crippen LogP contribution in [0, 0.1) is 0 Å². The standard InChI is InChI=1S/C20H27N3O/c1-2-23-12-11-21-20(23)19-18(8-5-13-24-19)22-17-10-9-15-6-3-4-7-16(15)14-17/h3-4,6-7,11-12,17-19,22H,2,5,8-10,13-14H2,1H3/t17?,18-,19-/m0/s1. The van der Waals surface area contributed by atoms with E-state index in [2.05, 4.69) is 52.3 Å². The van der Waals surface area contributed by atoms with Gasteiger partial charge in [0.25, 0.3) is 0 Å². The summed E-state index contributed by atoms with van der Waals surface area (Å²) in [5, 5.41) is 3.91. The minimum Gasteiger partial charge on any atom is -0.369 e. The zero-order chi connectivity index (χ0) is 16.4. The van der Waals surface area contributed by atoms with E-state index in [-0.39, 0.29) is 6.10 Å². The molecule has 0 amide bonds. The monoisotopic (exact) mass is 325 g/mol. The summed E-state index contributed by atoms with van der Waals surface area (Å²) in [5.41, 5.74) is 3.03. The molecule has 3 atom stereocenters. The number of hydrogen-bond acceptors (Lipinski definition) is 3. The molecule has 1 N–H and O–H groups in total. The molecule has 0 bridgehead atoms. The number of aryl methyl sites for hydroxylation is 2. The summed E-state index contributed by atoms with van der Waals surface area (Å²) >= 11 is 0. The molecule has 0 saturated carbocycles. The number of hydrogen-bond donors (Lipinski definition) is 1. The molecule has 0 radical (unpaired) electrons. The van der Waals surface area contributed by atoms with Crippen LogP contribution >= 0.6 is 0 Å². The summed E-state index contributed by atoms with van der Waals surface area (Å²) in [5.74, 6) is 1.07. The average molecular weight is 325 g/mol. The first-order valence-corrected chi connectivity index (χ1v) is 9.30. The lowest BCUT2D eigenvalue weighted by Gasteiger charge is -2.36. The molecule has 1 aromatic heterocycles. The Morgan fingerprint density at radius 3 is 3.00 bits per heavy atom. The number of ether oxygens (including phenoxy) is 1. The number of aromatic nitrogens is 2. The van der Waals surface area contributed by atoms with Crippen LogP contribution in [-0.2, 0) is 24.1 Å². The van der Waals surface area contributed by atoms with Crippen LogP contribution in [0.15, 0.2) is 36.7 Å². The Hall–Kier alpha value is -1.65. The van der Waals surface area contributed by atoms with Crippen molar-refractivity contribution in [3.63, 3.8) is 0 Å². The summed E-state index contributed by atoms with van der Waals surface area (Å²) in [6, 6.07) is 9.77. The molecule has 0 spiro atoms. The zero-order valence-electron chi connectivity index (χ0n) is 14.4. The van der Waals surface area contributed by atoms with Gasteiger partial charge in [-0.15, -0.1) is 0 Å². The van der Waals surface area contributed by atoms with Gasteiger partial charge in [-0.05, 0) is 50.2 Å². The molecular weight excluding hydrogens is 298 g/mol. The van der Waals surface area contributed by atoms with Crippen molar-refractivity contribution in [1.82, 2.24) is 14.9 Å². The van der Waals surface area contributed by atoms with Crippen LogP contribution in [0.4, 0.5) is 0 Å². The predicted octanol–water partition coefficient (Wildman–Crippen LogP) is 3.27. The van der Waals surface area contributed by atoms with Gasteiger partial charge in [0.1, 0.15) is 11.9 Å². The number of fused-ring (bicyclic) bond motifs is 1. The van der Waals surface area contributed by atoms with E-state index in [1.54, 1.807) is 0 Å². The van der Waals surface area contributed by atoms with Gasteiger partial charge in [0, 0.05) is 37.6 Å². The minimum atomic E-state index is 0.0749. The van der Waals surface area contributed by atoms with Crippen molar-refractivity contribution in [2.24, 2.45) is 0 Å². The van der Waals surface area contributed by atoms with E-state index in [0.29, 0.717) is 12.1 Å². The van der Waals surface area contributed by atoms with Gasteiger partial charge < -0.3 is 14.6 Å². The van der Waals surface area contributed by atoms with Gasteiger partial charge in [-0.3, -0.25) is 0 Å².